The van der Waals surface area contributed by atoms with E-state index in [2.05, 4.69) is 0 Å². The third-order valence-corrected chi connectivity index (χ3v) is 3.92. The second-order valence-electron chi connectivity index (χ2n) is 6.06. The molecule has 2 unspecified atom stereocenters. The van der Waals surface area contributed by atoms with E-state index in [1.165, 1.54) is 12.0 Å². The fraction of sp³-hybridized carbons (Fsp3) is 0.867. The molecule has 0 aliphatic carbocycles. The van der Waals surface area contributed by atoms with Gasteiger partial charge in [-0.2, -0.15) is 13.2 Å². The van der Waals surface area contributed by atoms with Crippen molar-refractivity contribution in [2.45, 2.75) is 38.4 Å². The van der Waals surface area contributed by atoms with E-state index in [0.29, 0.717) is 25.8 Å². The van der Waals surface area contributed by atoms with Crippen molar-refractivity contribution in [3.8, 4) is 0 Å². The van der Waals surface area contributed by atoms with E-state index >= 15 is 0 Å². The molecule has 1 fully saturated rings. The predicted octanol–water partition coefficient (Wildman–Crippen LogP) is 1.42. The molecule has 2 amide bonds. The molecule has 0 aromatic rings. The lowest BCUT2D eigenvalue weighted by Gasteiger charge is -2.36. The summed E-state index contributed by atoms with van der Waals surface area (Å²) in [6, 6.07) is -0.828. The normalized spacial score (nSPS) is 19.1. The van der Waals surface area contributed by atoms with Gasteiger partial charge in [0.1, 0.15) is 12.6 Å². The second kappa shape index (κ2) is 10.8. The first-order valence-corrected chi connectivity index (χ1v) is 8.08. The number of piperidine rings is 1. The highest BCUT2D eigenvalue weighted by Crippen LogP contribution is 2.23. The zero-order valence-electron chi connectivity index (χ0n) is 14.6. The topological polar surface area (TPSA) is 75.9 Å². The molecule has 2 atom stereocenters. The van der Waals surface area contributed by atoms with Crippen LogP contribution in [0.4, 0.5) is 13.2 Å². The largest absolute Gasteiger partial charge is 0.406 e. The molecular formula is C15H27ClF3N3O3. The first-order chi connectivity index (χ1) is 11.2. The number of methoxy groups -OCH3 is 1. The van der Waals surface area contributed by atoms with Crippen molar-refractivity contribution in [3.63, 3.8) is 0 Å². The van der Waals surface area contributed by atoms with E-state index in [0.717, 1.165) is 4.90 Å². The molecule has 0 saturated carbocycles. The van der Waals surface area contributed by atoms with Crippen molar-refractivity contribution in [1.29, 1.82) is 0 Å². The monoisotopic (exact) mass is 389 g/mol. The highest BCUT2D eigenvalue weighted by atomic mass is 35.5. The van der Waals surface area contributed by atoms with Crippen LogP contribution in [0.25, 0.3) is 0 Å². The number of amides is 2. The maximum atomic E-state index is 12.7. The third kappa shape index (κ3) is 7.79. The van der Waals surface area contributed by atoms with Crippen LogP contribution in [-0.2, 0) is 14.3 Å². The molecule has 1 rings (SSSR count). The van der Waals surface area contributed by atoms with Crippen LogP contribution in [0.5, 0.6) is 0 Å². The number of alkyl halides is 3. The van der Waals surface area contributed by atoms with Crippen LogP contribution in [0.2, 0.25) is 0 Å². The maximum Gasteiger partial charge on any atom is 0.406 e. The fourth-order valence-electron chi connectivity index (χ4n) is 2.88. The molecule has 1 aliphatic rings. The number of hydrogen-bond donors (Lipinski definition) is 1. The summed E-state index contributed by atoms with van der Waals surface area (Å²) in [4.78, 5) is 27.0. The van der Waals surface area contributed by atoms with Gasteiger partial charge in [0.05, 0.1) is 12.5 Å². The summed E-state index contributed by atoms with van der Waals surface area (Å²) in [5.74, 6) is -1.51. The van der Waals surface area contributed by atoms with Gasteiger partial charge in [-0.25, -0.2) is 0 Å². The van der Waals surface area contributed by atoms with Gasteiger partial charge in [0, 0.05) is 26.7 Å². The van der Waals surface area contributed by atoms with E-state index in [1.54, 1.807) is 6.92 Å². The van der Waals surface area contributed by atoms with Crippen LogP contribution in [0, 0.1) is 5.92 Å². The summed E-state index contributed by atoms with van der Waals surface area (Å²) in [7, 11) is 1.43. The van der Waals surface area contributed by atoms with Gasteiger partial charge in [0.25, 0.3) is 0 Å². The van der Waals surface area contributed by atoms with Crippen LogP contribution >= 0.6 is 12.4 Å². The number of carbonyl (C=O) groups excluding carboxylic acids is 2. The molecule has 0 bridgehead atoms. The Morgan fingerprint density at radius 2 is 2.04 bits per heavy atom. The van der Waals surface area contributed by atoms with Gasteiger partial charge in [0.15, 0.2) is 0 Å². The Kier molecular flexibility index (Phi) is 10.4. The van der Waals surface area contributed by atoms with E-state index in [-0.39, 0.29) is 38.0 Å². The van der Waals surface area contributed by atoms with Gasteiger partial charge in [0.2, 0.25) is 11.8 Å². The van der Waals surface area contributed by atoms with Crippen molar-refractivity contribution < 1.29 is 27.5 Å². The zero-order chi connectivity index (χ0) is 18.3. The number of nitrogens with two attached hydrogens (primary N) is 1. The number of hydrogen-bond acceptors (Lipinski definition) is 4. The molecule has 0 spiro atoms. The molecule has 25 heavy (non-hydrogen) atoms. The molecule has 6 nitrogen and oxygen atoms in total. The lowest BCUT2D eigenvalue weighted by atomic mass is 9.95. The number of ether oxygens (including phenoxy) is 1. The zero-order valence-corrected chi connectivity index (χ0v) is 15.4. The van der Waals surface area contributed by atoms with E-state index < -0.39 is 30.6 Å². The Morgan fingerprint density at radius 3 is 2.56 bits per heavy atom. The number of rotatable bonds is 7. The third-order valence-electron chi connectivity index (χ3n) is 3.92. The van der Waals surface area contributed by atoms with Crippen LogP contribution in [-0.4, -0.2) is 73.7 Å². The highest BCUT2D eigenvalue weighted by Gasteiger charge is 2.37. The van der Waals surface area contributed by atoms with Crippen LogP contribution < -0.4 is 5.73 Å². The first kappa shape index (κ1) is 23.9. The van der Waals surface area contributed by atoms with Crippen LogP contribution in [0.1, 0.15) is 26.2 Å². The Hall–Kier alpha value is -1.06. The quantitative estimate of drug-likeness (QED) is 0.714. The Bertz CT molecular complexity index is 438. The molecule has 0 aromatic carbocycles. The Labute approximate surface area is 152 Å². The summed E-state index contributed by atoms with van der Waals surface area (Å²) in [6.45, 7) is 1.13. The molecule has 0 aromatic heterocycles. The van der Waals surface area contributed by atoms with Gasteiger partial charge in [-0.3, -0.25) is 9.59 Å². The van der Waals surface area contributed by atoms with Crippen molar-refractivity contribution in [2.24, 2.45) is 11.7 Å². The lowest BCUT2D eigenvalue weighted by Crippen LogP contribution is -2.53. The minimum absolute atomic E-state index is 0. The number of carbonyl (C=O) groups is 2. The first-order valence-electron chi connectivity index (χ1n) is 8.08. The van der Waals surface area contributed by atoms with Crippen molar-refractivity contribution in [1.82, 2.24) is 9.80 Å². The minimum Gasteiger partial charge on any atom is -0.383 e. The van der Waals surface area contributed by atoms with Crippen molar-refractivity contribution >= 4 is 24.2 Å². The summed E-state index contributed by atoms with van der Waals surface area (Å²) in [6.07, 6.45) is -2.96. The highest BCUT2D eigenvalue weighted by molar-refractivity contribution is 5.85. The Morgan fingerprint density at radius 1 is 1.40 bits per heavy atom. The van der Waals surface area contributed by atoms with Gasteiger partial charge < -0.3 is 20.3 Å². The molecular weight excluding hydrogens is 363 g/mol. The Balaban J connectivity index is 0.00000576. The number of nitrogens with zero attached hydrogens (tertiary/aromatic N) is 2. The van der Waals surface area contributed by atoms with Crippen LogP contribution in [0.15, 0.2) is 0 Å². The average Bonchev–Trinajstić information content (AvgIpc) is 2.52. The van der Waals surface area contributed by atoms with E-state index in [1.807, 2.05) is 0 Å². The smallest absolute Gasteiger partial charge is 0.383 e. The van der Waals surface area contributed by atoms with Crippen LogP contribution in [0.3, 0.4) is 0 Å². The molecule has 2 N–H and O–H groups in total. The summed E-state index contributed by atoms with van der Waals surface area (Å²) in [5.41, 5.74) is 5.71. The van der Waals surface area contributed by atoms with Gasteiger partial charge in [-0.15, -0.1) is 12.4 Å². The molecule has 1 aliphatic heterocycles. The van der Waals surface area contributed by atoms with Gasteiger partial charge >= 0.3 is 6.18 Å². The maximum absolute atomic E-state index is 12.7. The second-order valence-corrected chi connectivity index (χ2v) is 6.06. The number of halogens is 4. The summed E-state index contributed by atoms with van der Waals surface area (Å²) >= 11 is 0. The summed E-state index contributed by atoms with van der Waals surface area (Å²) < 4.78 is 42.8. The van der Waals surface area contributed by atoms with Crippen molar-refractivity contribution in [2.75, 3.05) is 39.9 Å². The average molecular weight is 390 g/mol. The minimum atomic E-state index is -4.43. The molecule has 1 heterocycles. The van der Waals surface area contributed by atoms with Gasteiger partial charge in [-0.05, 0) is 19.3 Å². The summed E-state index contributed by atoms with van der Waals surface area (Å²) in [5, 5.41) is 0. The van der Waals surface area contributed by atoms with Gasteiger partial charge in [-0.1, -0.05) is 6.92 Å². The number of likely N-dealkylation sites (tertiary alicyclic amines) is 1. The van der Waals surface area contributed by atoms with E-state index in [4.69, 9.17) is 10.5 Å². The standard InChI is InChI=1S/C15H26F3N3O3.ClH/c1-3-6-21(10-15(16,17)18)13(22)11-5-4-7-20(8-11)14(23)12(19)9-24-2;/h11-12H,3-10,19H2,1-2H3;1H. The molecule has 148 valence electrons. The molecule has 0 radical (unpaired) electrons. The SMILES string of the molecule is CCCN(CC(F)(F)F)C(=O)C1CCCN(C(=O)C(N)COC)C1.Cl. The molecule has 10 heteroatoms. The predicted molar refractivity (Wildman–Crippen MR) is 89.3 cm³/mol. The van der Waals surface area contributed by atoms with E-state index in [9.17, 15) is 22.8 Å². The lowest BCUT2D eigenvalue weighted by molar-refractivity contribution is -0.165. The van der Waals surface area contributed by atoms with Crippen molar-refractivity contribution in [3.05, 3.63) is 0 Å². The molecule has 1 saturated heterocycles. The fourth-order valence-corrected chi connectivity index (χ4v) is 2.88.